The Hall–Kier alpha value is -1.59. The summed E-state index contributed by atoms with van der Waals surface area (Å²) in [6, 6.07) is 13.4. The molecule has 4 nitrogen and oxygen atoms in total. The third-order valence-electron chi connectivity index (χ3n) is 4.76. The molecule has 3 N–H and O–H groups in total. The summed E-state index contributed by atoms with van der Waals surface area (Å²) in [4.78, 5) is 14.7. The van der Waals surface area contributed by atoms with E-state index in [1.54, 1.807) is 0 Å². The summed E-state index contributed by atoms with van der Waals surface area (Å²) in [5, 5.41) is 4.31. The number of likely N-dealkylation sites (tertiary alicyclic amines) is 1. The highest BCUT2D eigenvalue weighted by atomic mass is 35.5. The molecule has 0 radical (unpaired) electrons. The normalized spacial score (nSPS) is 15.8. The molecule has 0 saturated carbocycles. The van der Waals surface area contributed by atoms with Crippen molar-refractivity contribution in [2.24, 2.45) is 5.73 Å². The molecule has 6 heteroatoms. The molecule has 2 aromatic carbocycles. The first kappa shape index (κ1) is 19.2. The molecule has 0 aliphatic carbocycles. The van der Waals surface area contributed by atoms with Crippen LogP contribution < -0.4 is 11.1 Å². The summed E-state index contributed by atoms with van der Waals surface area (Å²) in [5.74, 6) is -0.0171. The molecule has 0 atom stereocenters. The van der Waals surface area contributed by atoms with Crippen molar-refractivity contribution in [2.45, 2.75) is 32.0 Å². The van der Waals surface area contributed by atoms with Gasteiger partial charge in [0.25, 0.3) is 5.91 Å². The first-order valence-corrected chi connectivity index (χ1v) is 9.57. The number of rotatable bonds is 5. The number of hydrogen-bond acceptors (Lipinski definition) is 3. The Morgan fingerprint density at radius 1 is 1.04 bits per heavy atom. The van der Waals surface area contributed by atoms with Gasteiger partial charge in [-0.25, -0.2) is 0 Å². The van der Waals surface area contributed by atoms with E-state index in [-0.39, 0.29) is 11.9 Å². The van der Waals surface area contributed by atoms with Crippen LogP contribution in [0.25, 0.3) is 0 Å². The van der Waals surface area contributed by atoms with E-state index in [1.807, 2.05) is 42.5 Å². The first-order valence-electron chi connectivity index (χ1n) is 8.81. The molecule has 2 aromatic rings. The van der Waals surface area contributed by atoms with Crippen LogP contribution in [0, 0.1) is 0 Å². The average molecular weight is 392 g/mol. The van der Waals surface area contributed by atoms with E-state index >= 15 is 0 Å². The van der Waals surface area contributed by atoms with Gasteiger partial charge in [0.2, 0.25) is 0 Å². The van der Waals surface area contributed by atoms with Gasteiger partial charge >= 0.3 is 0 Å². The minimum absolute atomic E-state index is 0.0171. The van der Waals surface area contributed by atoms with E-state index in [0.29, 0.717) is 22.2 Å². The Kier molecular flexibility index (Phi) is 6.54. The van der Waals surface area contributed by atoms with E-state index < -0.39 is 0 Å². The van der Waals surface area contributed by atoms with Crippen LogP contribution in [-0.4, -0.2) is 29.9 Å². The molecular formula is C20H23Cl2N3O. The van der Waals surface area contributed by atoms with Crippen LogP contribution in [0.15, 0.2) is 42.5 Å². The van der Waals surface area contributed by atoms with Crippen molar-refractivity contribution in [1.82, 2.24) is 10.2 Å². The number of hydrogen-bond donors (Lipinski definition) is 2. The highest BCUT2D eigenvalue weighted by Crippen LogP contribution is 2.24. The molecule has 0 unspecified atom stereocenters. The topological polar surface area (TPSA) is 58.4 Å². The fourth-order valence-electron chi connectivity index (χ4n) is 3.19. The van der Waals surface area contributed by atoms with E-state index in [4.69, 9.17) is 28.9 Å². The second kappa shape index (κ2) is 8.87. The summed E-state index contributed by atoms with van der Waals surface area (Å²) < 4.78 is 0. The van der Waals surface area contributed by atoms with Crippen molar-refractivity contribution < 1.29 is 4.79 Å². The molecule has 1 aliphatic rings. The minimum atomic E-state index is -0.0171. The molecule has 0 aromatic heterocycles. The molecule has 1 amide bonds. The second-order valence-electron chi connectivity index (χ2n) is 6.67. The molecule has 138 valence electrons. The molecule has 1 saturated heterocycles. The van der Waals surface area contributed by atoms with Crippen molar-refractivity contribution >= 4 is 29.1 Å². The van der Waals surface area contributed by atoms with E-state index in [9.17, 15) is 4.79 Å². The summed E-state index contributed by atoms with van der Waals surface area (Å²) >= 11 is 12.1. The number of benzene rings is 2. The highest BCUT2D eigenvalue weighted by Gasteiger charge is 2.21. The molecule has 1 heterocycles. The highest BCUT2D eigenvalue weighted by molar-refractivity contribution is 6.42. The van der Waals surface area contributed by atoms with Crippen LogP contribution in [0.4, 0.5) is 0 Å². The summed E-state index contributed by atoms with van der Waals surface area (Å²) in [5.41, 5.74) is 8.45. The summed E-state index contributed by atoms with van der Waals surface area (Å²) in [7, 11) is 0. The van der Waals surface area contributed by atoms with Crippen LogP contribution in [0.1, 0.15) is 34.3 Å². The van der Waals surface area contributed by atoms with Crippen molar-refractivity contribution in [1.29, 1.82) is 0 Å². The SMILES string of the molecule is NCc1ccc(C(=O)NC2CCN(Cc3ccc(Cl)c(Cl)c3)CC2)cc1. The number of amides is 1. The number of carbonyl (C=O) groups is 1. The maximum absolute atomic E-state index is 12.4. The van der Waals surface area contributed by atoms with Gasteiger partial charge in [0.05, 0.1) is 10.0 Å². The zero-order chi connectivity index (χ0) is 18.5. The molecule has 26 heavy (non-hydrogen) atoms. The Bertz CT molecular complexity index is 756. The fourth-order valence-corrected chi connectivity index (χ4v) is 3.51. The van der Waals surface area contributed by atoms with Gasteiger partial charge in [-0.3, -0.25) is 9.69 Å². The van der Waals surface area contributed by atoms with Crippen molar-refractivity contribution in [3.05, 3.63) is 69.2 Å². The van der Waals surface area contributed by atoms with Gasteiger partial charge in [0, 0.05) is 37.8 Å². The van der Waals surface area contributed by atoms with E-state index in [2.05, 4.69) is 10.2 Å². The van der Waals surface area contributed by atoms with Crippen LogP contribution in [0.5, 0.6) is 0 Å². The Balaban J connectivity index is 1.48. The predicted octanol–water partition coefficient (Wildman–Crippen LogP) is 3.85. The molecule has 1 aliphatic heterocycles. The number of piperidine rings is 1. The third kappa shape index (κ3) is 4.98. The van der Waals surface area contributed by atoms with Gasteiger partial charge in [-0.05, 0) is 48.2 Å². The van der Waals surface area contributed by atoms with Gasteiger partial charge in [-0.15, -0.1) is 0 Å². The monoisotopic (exact) mass is 391 g/mol. The van der Waals surface area contributed by atoms with Crippen molar-refractivity contribution in [3.8, 4) is 0 Å². The van der Waals surface area contributed by atoms with E-state index in [0.717, 1.165) is 43.6 Å². The summed E-state index contributed by atoms with van der Waals surface area (Å²) in [6.45, 7) is 3.21. The smallest absolute Gasteiger partial charge is 0.251 e. The predicted molar refractivity (Wildman–Crippen MR) is 107 cm³/mol. The lowest BCUT2D eigenvalue weighted by Crippen LogP contribution is -2.44. The van der Waals surface area contributed by atoms with Crippen LogP contribution in [-0.2, 0) is 13.1 Å². The van der Waals surface area contributed by atoms with Crippen LogP contribution >= 0.6 is 23.2 Å². The fraction of sp³-hybridized carbons (Fsp3) is 0.350. The molecular weight excluding hydrogens is 369 g/mol. The van der Waals surface area contributed by atoms with Gasteiger partial charge in [-0.1, -0.05) is 41.4 Å². The van der Waals surface area contributed by atoms with Crippen molar-refractivity contribution in [3.63, 3.8) is 0 Å². The maximum Gasteiger partial charge on any atom is 0.251 e. The Morgan fingerprint density at radius 3 is 2.31 bits per heavy atom. The van der Waals surface area contributed by atoms with Gasteiger partial charge < -0.3 is 11.1 Å². The lowest BCUT2D eigenvalue weighted by Gasteiger charge is -2.32. The third-order valence-corrected chi connectivity index (χ3v) is 5.50. The van der Waals surface area contributed by atoms with Crippen LogP contribution in [0.3, 0.4) is 0 Å². The first-order chi connectivity index (χ1) is 12.5. The lowest BCUT2D eigenvalue weighted by molar-refractivity contribution is 0.0909. The largest absolute Gasteiger partial charge is 0.349 e. The Labute approximate surface area is 164 Å². The molecule has 1 fully saturated rings. The Morgan fingerprint density at radius 2 is 1.69 bits per heavy atom. The van der Waals surface area contributed by atoms with Gasteiger partial charge in [-0.2, -0.15) is 0 Å². The number of nitrogens with two attached hydrogens (primary N) is 1. The number of nitrogens with zero attached hydrogens (tertiary/aromatic N) is 1. The molecule has 0 spiro atoms. The van der Waals surface area contributed by atoms with Crippen molar-refractivity contribution in [2.75, 3.05) is 13.1 Å². The number of carbonyl (C=O) groups excluding carboxylic acids is 1. The standard InChI is InChI=1S/C20H23Cl2N3O/c21-18-6-3-15(11-19(18)22)13-25-9-7-17(8-10-25)24-20(26)16-4-1-14(12-23)2-5-16/h1-6,11,17H,7-10,12-13,23H2,(H,24,26). The van der Waals surface area contributed by atoms with Gasteiger partial charge in [0.1, 0.15) is 0 Å². The maximum atomic E-state index is 12.4. The minimum Gasteiger partial charge on any atom is -0.349 e. The van der Waals surface area contributed by atoms with Gasteiger partial charge in [0.15, 0.2) is 0 Å². The quantitative estimate of drug-likeness (QED) is 0.813. The number of halogens is 2. The molecule has 3 rings (SSSR count). The lowest BCUT2D eigenvalue weighted by atomic mass is 10.0. The zero-order valence-corrected chi connectivity index (χ0v) is 16.1. The number of nitrogens with one attached hydrogen (secondary N) is 1. The van der Waals surface area contributed by atoms with Crippen LogP contribution in [0.2, 0.25) is 10.0 Å². The zero-order valence-electron chi connectivity index (χ0n) is 14.6. The molecule has 0 bridgehead atoms. The van der Waals surface area contributed by atoms with E-state index in [1.165, 1.54) is 0 Å². The summed E-state index contributed by atoms with van der Waals surface area (Å²) in [6.07, 6.45) is 1.88. The average Bonchev–Trinajstić information content (AvgIpc) is 2.66. The second-order valence-corrected chi connectivity index (χ2v) is 7.49.